The zero-order valence-electron chi connectivity index (χ0n) is 19.4. The Balaban J connectivity index is 1.66. The molecule has 8 heteroatoms. The van der Waals surface area contributed by atoms with E-state index in [1.807, 2.05) is 67.4 Å². The lowest BCUT2D eigenvalue weighted by atomic mass is 9.56. The second-order valence-corrected chi connectivity index (χ2v) is 9.66. The minimum absolute atomic E-state index is 0.0916. The van der Waals surface area contributed by atoms with E-state index in [0.29, 0.717) is 12.2 Å². The van der Waals surface area contributed by atoms with Crippen LogP contribution in [-0.4, -0.2) is 41.7 Å². The molecule has 1 fully saturated rings. The van der Waals surface area contributed by atoms with Gasteiger partial charge < -0.3 is 10.6 Å². The van der Waals surface area contributed by atoms with Crippen LogP contribution in [-0.2, 0) is 10.3 Å². The summed E-state index contributed by atoms with van der Waals surface area (Å²) in [6.07, 6.45) is 0. The highest BCUT2D eigenvalue weighted by Crippen LogP contribution is 2.64. The molecule has 176 valence electrons. The van der Waals surface area contributed by atoms with Crippen LogP contribution in [0.15, 0.2) is 66.7 Å². The highest BCUT2D eigenvalue weighted by molar-refractivity contribution is 6.17. The number of hydrogen-bond donors (Lipinski definition) is 2. The summed E-state index contributed by atoms with van der Waals surface area (Å²) < 4.78 is 0. The number of nitro benzene ring substituents is 1. The summed E-state index contributed by atoms with van der Waals surface area (Å²) in [5, 5.41) is 18.0. The third kappa shape index (κ3) is 2.54. The van der Waals surface area contributed by atoms with Crippen molar-refractivity contribution < 1.29 is 14.5 Å². The molecule has 3 atom stereocenters. The molecule has 3 aromatic carbocycles. The number of para-hydroxylation sites is 2. The SMILES string of the molecule is Cc1ccc([C@@H]2CN(C)[C@]3(C(=O)Nc4ccccc43)[C@]23CNc2c(cccc2[N+](=O)[O-])C3=O)cc1. The molecule has 1 saturated heterocycles. The number of fused-ring (bicyclic) bond motifs is 4. The predicted octanol–water partition coefficient (Wildman–Crippen LogP) is 4.07. The van der Waals surface area contributed by atoms with Crippen LogP contribution in [0.1, 0.15) is 33.0 Å². The molecule has 6 rings (SSSR count). The number of likely N-dealkylation sites (N-methyl/N-ethyl adjacent to an activating group) is 1. The molecule has 0 aliphatic carbocycles. The maximum Gasteiger partial charge on any atom is 0.293 e. The van der Waals surface area contributed by atoms with Gasteiger partial charge in [0.2, 0.25) is 0 Å². The molecule has 0 unspecified atom stereocenters. The average molecular weight is 469 g/mol. The van der Waals surface area contributed by atoms with Crippen LogP contribution in [0.2, 0.25) is 0 Å². The fraction of sp³-hybridized carbons (Fsp3) is 0.259. The van der Waals surface area contributed by atoms with Gasteiger partial charge in [-0.25, -0.2) is 0 Å². The lowest BCUT2D eigenvalue weighted by Gasteiger charge is -2.48. The van der Waals surface area contributed by atoms with Crippen molar-refractivity contribution in [3.05, 3.63) is 99.1 Å². The van der Waals surface area contributed by atoms with E-state index in [9.17, 15) is 19.7 Å². The molecule has 35 heavy (non-hydrogen) atoms. The number of benzene rings is 3. The number of anilines is 2. The van der Waals surface area contributed by atoms with Gasteiger partial charge in [-0.05, 0) is 31.7 Å². The molecule has 8 nitrogen and oxygen atoms in total. The Hall–Kier alpha value is -4.04. The number of amides is 1. The summed E-state index contributed by atoms with van der Waals surface area (Å²) >= 11 is 0. The Labute approximate surface area is 202 Å². The van der Waals surface area contributed by atoms with Crippen molar-refractivity contribution >= 4 is 28.8 Å². The number of carbonyl (C=O) groups is 2. The predicted molar refractivity (Wildman–Crippen MR) is 132 cm³/mol. The summed E-state index contributed by atoms with van der Waals surface area (Å²) in [4.78, 5) is 41.8. The molecular weight excluding hydrogens is 444 g/mol. The molecule has 3 aliphatic heterocycles. The van der Waals surface area contributed by atoms with E-state index in [2.05, 4.69) is 10.6 Å². The Morgan fingerprint density at radius 3 is 2.51 bits per heavy atom. The summed E-state index contributed by atoms with van der Waals surface area (Å²) in [5.41, 5.74) is 1.32. The summed E-state index contributed by atoms with van der Waals surface area (Å²) in [5.74, 6) is -0.825. The smallest absolute Gasteiger partial charge is 0.293 e. The minimum Gasteiger partial charge on any atom is -0.378 e. The fourth-order valence-corrected chi connectivity index (χ4v) is 6.60. The van der Waals surface area contributed by atoms with Gasteiger partial charge in [-0.1, -0.05) is 54.1 Å². The first-order chi connectivity index (χ1) is 16.8. The number of likely N-dealkylation sites (tertiary alicyclic amines) is 1. The van der Waals surface area contributed by atoms with Crippen LogP contribution in [0.4, 0.5) is 17.1 Å². The van der Waals surface area contributed by atoms with Crippen LogP contribution in [0.5, 0.6) is 0 Å². The summed E-state index contributed by atoms with van der Waals surface area (Å²) in [6.45, 7) is 2.57. The van der Waals surface area contributed by atoms with E-state index in [-0.39, 0.29) is 41.1 Å². The highest BCUT2D eigenvalue weighted by atomic mass is 16.6. The Morgan fingerprint density at radius 2 is 1.77 bits per heavy atom. The maximum absolute atomic E-state index is 14.7. The molecule has 0 aromatic heterocycles. The van der Waals surface area contributed by atoms with Crippen molar-refractivity contribution in [1.29, 1.82) is 0 Å². The first kappa shape index (κ1) is 21.5. The molecular formula is C27H24N4O4. The van der Waals surface area contributed by atoms with Crippen LogP contribution in [0.25, 0.3) is 0 Å². The number of nitrogens with one attached hydrogen (secondary N) is 2. The van der Waals surface area contributed by atoms with Crippen LogP contribution >= 0.6 is 0 Å². The normalized spacial score (nSPS) is 27.0. The molecule has 3 aliphatic rings. The van der Waals surface area contributed by atoms with E-state index < -0.39 is 15.9 Å². The number of Topliss-reactive ketones (excluding diaryl/α,β-unsaturated/α-hetero) is 1. The van der Waals surface area contributed by atoms with Crippen LogP contribution in [0, 0.1) is 22.5 Å². The Kier molecular flexibility index (Phi) is 4.44. The number of nitro groups is 1. The summed E-state index contributed by atoms with van der Waals surface area (Å²) in [6, 6.07) is 20.1. The molecule has 3 heterocycles. The number of nitrogens with zero attached hydrogens (tertiary/aromatic N) is 2. The third-order valence-corrected chi connectivity index (χ3v) is 8.08. The van der Waals surface area contributed by atoms with Gasteiger partial charge in [0.15, 0.2) is 5.78 Å². The second-order valence-electron chi connectivity index (χ2n) is 9.66. The van der Waals surface area contributed by atoms with Crippen molar-refractivity contribution in [2.75, 3.05) is 30.8 Å². The van der Waals surface area contributed by atoms with Crippen molar-refractivity contribution in [1.82, 2.24) is 4.90 Å². The number of ketones is 1. The van der Waals surface area contributed by atoms with Gasteiger partial charge in [0.05, 0.1) is 10.3 Å². The van der Waals surface area contributed by atoms with Gasteiger partial charge in [-0.2, -0.15) is 0 Å². The molecule has 3 aromatic rings. The second kappa shape index (κ2) is 7.23. The van der Waals surface area contributed by atoms with Crippen molar-refractivity contribution in [2.45, 2.75) is 18.4 Å². The topological polar surface area (TPSA) is 105 Å². The van der Waals surface area contributed by atoms with Gasteiger partial charge in [-0.15, -0.1) is 0 Å². The lowest BCUT2D eigenvalue weighted by Crippen LogP contribution is -2.62. The van der Waals surface area contributed by atoms with Gasteiger partial charge in [0.25, 0.3) is 11.6 Å². The van der Waals surface area contributed by atoms with Crippen molar-refractivity contribution in [2.24, 2.45) is 5.41 Å². The molecule has 2 spiro atoms. The standard InChI is InChI=1S/C27H24N4O4/c1-16-10-12-17(13-11-16)20-14-30(2)27(19-7-3-4-8-21(19)29-25(27)33)26(20)15-28-23-18(24(26)32)6-5-9-22(23)31(34)35/h3-13,20,28H,14-15H2,1-2H3,(H,29,33)/t20-,26+,27+/m0/s1. The lowest BCUT2D eigenvalue weighted by molar-refractivity contribution is -0.384. The fourth-order valence-electron chi connectivity index (χ4n) is 6.60. The van der Waals surface area contributed by atoms with Gasteiger partial charge in [-0.3, -0.25) is 24.6 Å². The number of rotatable bonds is 2. The summed E-state index contributed by atoms with van der Waals surface area (Å²) in [7, 11) is 1.88. The zero-order chi connectivity index (χ0) is 24.5. The molecule has 2 N–H and O–H groups in total. The maximum atomic E-state index is 14.7. The minimum atomic E-state index is -1.27. The molecule has 0 radical (unpaired) electrons. The van der Waals surface area contributed by atoms with Crippen LogP contribution < -0.4 is 10.6 Å². The average Bonchev–Trinajstić information content (AvgIpc) is 3.30. The van der Waals surface area contributed by atoms with Crippen LogP contribution in [0.3, 0.4) is 0 Å². The largest absolute Gasteiger partial charge is 0.378 e. The Bertz CT molecular complexity index is 1420. The Morgan fingerprint density at radius 1 is 1.03 bits per heavy atom. The molecule has 0 bridgehead atoms. The van der Waals surface area contributed by atoms with Gasteiger partial charge in [0, 0.05) is 41.9 Å². The van der Waals surface area contributed by atoms with Crippen molar-refractivity contribution in [3.63, 3.8) is 0 Å². The van der Waals surface area contributed by atoms with E-state index in [1.54, 1.807) is 6.07 Å². The van der Waals surface area contributed by atoms with E-state index >= 15 is 0 Å². The third-order valence-electron chi connectivity index (χ3n) is 8.08. The van der Waals surface area contributed by atoms with Gasteiger partial charge >= 0.3 is 0 Å². The highest BCUT2D eigenvalue weighted by Gasteiger charge is 2.74. The van der Waals surface area contributed by atoms with E-state index in [4.69, 9.17) is 0 Å². The number of hydrogen-bond acceptors (Lipinski definition) is 6. The zero-order valence-corrected chi connectivity index (χ0v) is 19.4. The first-order valence-electron chi connectivity index (χ1n) is 11.6. The van der Waals surface area contributed by atoms with Crippen molar-refractivity contribution in [3.8, 4) is 0 Å². The molecule has 1 amide bonds. The van der Waals surface area contributed by atoms with E-state index in [1.165, 1.54) is 12.1 Å². The monoisotopic (exact) mass is 468 g/mol. The number of carbonyl (C=O) groups excluding carboxylic acids is 2. The molecule has 0 saturated carbocycles. The van der Waals surface area contributed by atoms with E-state index in [0.717, 1.165) is 16.7 Å². The van der Waals surface area contributed by atoms with Gasteiger partial charge in [0.1, 0.15) is 11.2 Å². The first-order valence-corrected chi connectivity index (χ1v) is 11.6. The quantitative estimate of drug-likeness (QED) is 0.434. The number of aryl methyl sites for hydroxylation is 1.